The summed E-state index contributed by atoms with van der Waals surface area (Å²) in [6, 6.07) is 18.7. The van der Waals surface area contributed by atoms with Crippen LogP contribution in [0.2, 0.25) is 0 Å². The van der Waals surface area contributed by atoms with E-state index in [1.54, 1.807) is 48.5 Å². The lowest BCUT2D eigenvalue weighted by Crippen LogP contribution is -1.94. The van der Waals surface area contributed by atoms with Crippen LogP contribution in [0.3, 0.4) is 0 Å². The van der Waals surface area contributed by atoms with Crippen LogP contribution in [0, 0.1) is 0 Å². The van der Waals surface area contributed by atoms with Gasteiger partial charge in [0.15, 0.2) is 0 Å². The highest BCUT2D eigenvalue weighted by Crippen LogP contribution is 2.22. The summed E-state index contributed by atoms with van der Waals surface area (Å²) >= 11 is 0. The molecule has 174 valence electrons. The Morgan fingerprint density at radius 3 is 0.969 bits per heavy atom. The van der Waals surface area contributed by atoms with Crippen LogP contribution >= 0.6 is 0 Å². The smallest absolute Gasteiger partial charge is 0.335 e. The Morgan fingerprint density at radius 1 is 0.469 bits per heavy atom. The molecule has 0 fully saturated rings. The molecule has 0 aliphatic carbocycles. The van der Waals surface area contributed by atoms with Crippen molar-refractivity contribution in [2.24, 2.45) is 0 Å². The number of hydrogen-bond donors (Lipinski definition) is 4. The number of benzene rings is 3. The molecule has 0 aliphatic heterocycles. The van der Waals surface area contributed by atoms with Gasteiger partial charge >= 0.3 is 11.9 Å². The van der Waals surface area contributed by atoms with Crippen LogP contribution in [-0.2, 0) is 0 Å². The van der Waals surface area contributed by atoms with Gasteiger partial charge in [-0.2, -0.15) is 0 Å². The number of hydrogen-bond acceptors (Lipinski definition) is 4. The summed E-state index contributed by atoms with van der Waals surface area (Å²) in [5, 5.41) is 35.0. The van der Waals surface area contributed by atoms with Crippen LogP contribution in [0.1, 0.15) is 62.3 Å². The lowest BCUT2D eigenvalue weighted by atomic mass is 10.0. The van der Waals surface area contributed by atoms with Crippen LogP contribution in [0.5, 0.6) is 11.5 Å². The summed E-state index contributed by atoms with van der Waals surface area (Å²) in [4.78, 5) is 20.9. The monoisotopic (exact) mass is 442 g/mol. The van der Waals surface area contributed by atoms with E-state index in [2.05, 4.69) is 0 Å². The van der Waals surface area contributed by atoms with Crippen LogP contribution in [0.15, 0.2) is 72.8 Å². The molecule has 0 aromatic heterocycles. The summed E-state index contributed by atoms with van der Waals surface area (Å²) in [6.45, 7) is 12.0. The van der Waals surface area contributed by atoms with Crippen molar-refractivity contribution in [1.29, 1.82) is 0 Å². The number of phenols is 2. The number of phenolic OH excluding ortho intramolecular Hbond substituents is 2. The van der Waals surface area contributed by atoms with Crippen LogP contribution in [0.4, 0.5) is 0 Å². The average molecular weight is 443 g/mol. The second kappa shape index (κ2) is 18.0. The molecule has 3 rings (SSSR count). The van der Waals surface area contributed by atoms with Gasteiger partial charge in [-0.15, -0.1) is 0 Å². The quantitative estimate of drug-likeness (QED) is 0.350. The number of aromatic hydroxyl groups is 2. The number of aromatic carboxylic acids is 2. The zero-order valence-electron chi connectivity index (χ0n) is 19.5. The molecule has 0 unspecified atom stereocenters. The maximum Gasteiger partial charge on any atom is 0.335 e. The third-order valence-corrected chi connectivity index (χ3v) is 3.45. The molecule has 0 atom stereocenters. The largest absolute Gasteiger partial charge is 0.508 e. The Bertz CT molecular complexity index is 883. The zero-order chi connectivity index (χ0) is 25.1. The predicted molar refractivity (Wildman–Crippen MR) is 130 cm³/mol. The molecule has 0 amide bonds. The van der Waals surface area contributed by atoms with Gasteiger partial charge in [0.25, 0.3) is 0 Å². The van der Waals surface area contributed by atoms with E-state index < -0.39 is 11.9 Å². The van der Waals surface area contributed by atoms with Crippen LogP contribution in [-0.4, -0.2) is 32.4 Å². The van der Waals surface area contributed by atoms with Gasteiger partial charge < -0.3 is 20.4 Å². The number of carbonyl (C=O) groups is 2. The van der Waals surface area contributed by atoms with Crippen molar-refractivity contribution in [2.45, 2.75) is 41.5 Å². The molecule has 6 heteroatoms. The van der Waals surface area contributed by atoms with E-state index in [-0.39, 0.29) is 22.6 Å². The third-order valence-electron chi connectivity index (χ3n) is 3.45. The molecule has 0 aliphatic rings. The number of carboxylic acid groups (broad SMARTS) is 2. The van der Waals surface area contributed by atoms with Crippen molar-refractivity contribution in [3.05, 3.63) is 83.9 Å². The summed E-state index contributed by atoms with van der Waals surface area (Å²) in [6.07, 6.45) is 0. The highest BCUT2D eigenvalue weighted by atomic mass is 16.4. The molecule has 0 spiro atoms. The van der Waals surface area contributed by atoms with Crippen molar-refractivity contribution in [3.8, 4) is 22.6 Å². The Balaban J connectivity index is 0. The van der Waals surface area contributed by atoms with Gasteiger partial charge in [-0.05, 0) is 59.7 Å². The minimum atomic E-state index is -0.986. The summed E-state index contributed by atoms with van der Waals surface area (Å²) in [7, 11) is 0. The minimum Gasteiger partial charge on any atom is -0.508 e. The molecule has 0 saturated carbocycles. The highest BCUT2D eigenvalue weighted by molar-refractivity contribution is 5.88. The van der Waals surface area contributed by atoms with Crippen molar-refractivity contribution in [3.63, 3.8) is 0 Å². The first-order valence-corrected chi connectivity index (χ1v) is 10.5. The first kappa shape index (κ1) is 30.4. The van der Waals surface area contributed by atoms with E-state index in [4.69, 9.17) is 20.4 Å². The minimum absolute atomic E-state index is 0.0741. The average Bonchev–Trinajstić information content (AvgIpc) is 2.84. The maximum absolute atomic E-state index is 10.7. The molecule has 32 heavy (non-hydrogen) atoms. The van der Waals surface area contributed by atoms with Crippen LogP contribution in [0.25, 0.3) is 11.1 Å². The van der Waals surface area contributed by atoms with Gasteiger partial charge in [-0.1, -0.05) is 65.8 Å². The van der Waals surface area contributed by atoms with Gasteiger partial charge in [-0.3, -0.25) is 0 Å². The molecular formula is C26H34O6. The van der Waals surface area contributed by atoms with E-state index in [0.717, 1.165) is 11.1 Å². The molecule has 4 N–H and O–H groups in total. The van der Waals surface area contributed by atoms with E-state index in [9.17, 15) is 9.59 Å². The molecule has 6 nitrogen and oxygen atoms in total. The van der Waals surface area contributed by atoms with Gasteiger partial charge in [0, 0.05) is 0 Å². The molecule has 0 heterocycles. The summed E-state index contributed by atoms with van der Waals surface area (Å²) in [5.41, 5.74) is 2.31. The van der Waals surface area contributed by atoms with Gasteiger partial charge in [-0.25, -0.2) is 9.59 Å². The molecule has 0 saturated heterocycles. The fourth-order valence-electron chi connectivity index (χ4n) is 2.06. The SMILES string of the molecule is CC.CC.CC.O=C(O)c1ccc(-c2ccc(O)cc2)cc1.O=C(O)c1ccc(O)cc1. The zero-order valence-corrected chi connectivity index (χ0v) is 19.5. The van der Waals surface area contributed by atoms with E-state index in [1.165, 1.54) is 24.3 Å². The first-order valence-electron chi connectivity index (χ1n) is 10.5. The van der Waals surface area contributed by atoms with Crippen molar-refractivity contribution in [2.75, 3.05) is 0 Å². The fourth-order valence-corrected chi connectivity index (χ4v) is 2.06. The molecular weight excluding hydrogens is 408 g/mol. The number of rotatable bonds is 3. The standard InChI is InChI=1S/C13H10O3.C7H6O3.3C2H6/c14-12-7-5-10(6-8-12)9-1-3-11(4-2-9)13(15)16;8-6-3-1-5(2-4-6)7(9)10;3*1-2/h1-8,14H,(H,15,16);1-4,8H,(H,9,10);3*1-2H3. The normalized spacial score (nSPS) is 8.44. The van der Waals surface area contributed by atoms with Crippen molar-refractivity contribution < 1.29 is 30.0 Å². The second-order valence-electron chi connectivity index (χ2n) is 5.28. The fraction of sp³-hybridized carbons (Fsp3) is 0.231. The highest BCUT2D eigenvalue weighted by Gasteiger charge is 2.03. The topological polar surface area (TPSA) is 115 Å². The van der Waals surface area contributed by atoms with Gasteiger partial charge in [0.1, 0.15) is 11.5 Å². The van der Waals surface area contributed by atoms with Crippen molar-refractivity contribution >= 4 is 11.9 Å². The van der Waals surface area contributed by atoms with E-state index >= 15 is 0 Å². The summed E-state index contributed by atoms with van der Waals surface area (Å²) in [5.74, 6) is -1.63. The molecule has 3 aromatic carbocycles. The Labute approximate surface area is 190 Å². The summed E-state index contributed by atoms with van der Waals surface area (Å²) < 4.78 is 0. The van der Waals surface area contributed by atoms with E-state index in [0.29, 0.717) is 0 Å². The second-order valence-corrected chi connectivity index (χ2v) is 5.28. The van der Waals surface area contributed by atoms with E-state index in [1.807, 2.05) is 41.5 Å². The Hall–Kier alpha value is -3.80. The number of carboxylic acids is 2. The molecule has 0 bridgehead atoms. The Morgan fingerprint density at radius 2 is 0.688 bits per heavy atom. The predicted octanol–water partition coefficient (Wildman–Crippen LogP) is 6.93. The lowest BCUT2D eigenvalue weighted by Gasteiger charge is -2.02. The van der Waals surface area contributed by atoms with Crippen molar-refractivity contribution in [1.82, 2.24) is 0 Å². The third kappa shape index (κ3) is 11.4. The first-order chi connectivity index (χ1) is 15.4. The van der Waals surface area contributed by atoms with Gasteiger partial charge in [0.2, 0.25) is 0 Å². The van der Waals surface area contributed by atoms with Crippen LogP contribution < -0.4 is 0 Å². The maximum atomic E-state index is 10.7. The Kier molecular flexibility index (Phi) is 17.1. The molecule has 0 radical (unpaired) electrons. The van der Waals surface area contributed by atoms with Gasteiger partial charge in [0.05, 0.1) is 11.1 Å². The molecule has 3 aromatic rings. The lowest BCUT2D eigenvalue weighted by molar-refractivity contribution is 0.0686.